The number of carbonyl (C=O) groups is 1. The number of nitrogen functional groups attached to an aromatic ring is 1. The molecule has 8 rings (SSSR count). The van der Waals surface area contributed by atoms with Crippen molar-refractivity contribution < 1.29 is 23.4 Å². The zero-order valence-corrected chi connectivity index (χ0v) is 21.6. The van der Waals surface area contributed by atoms with Gasteiger partial charge in [0.2, 0.25) is 0 Å². The number of aromatic amines is 1. The Bertz CT molecular complexity index is 1700. The van der Waals surface area contributed by atoms with Crippen LogP contribution in [0.5, 0.6) is 11.5 Å². The van der Waals surface area contributed by atoms with Gasteiger partial charge in [-0.3, -0.25) is 4.79 Å². The lowest BCUT2D eigenvalue weighted by atomic mass is 9.65. The Hall–Kier alpha value is -4.53. The Balaban J connectivity index is 0.000000219. The zero-order chi connectivity index (χ0) is 27.8. The molecule has 204 valence electrons. The van der Waals surface area contributed by atoms with Crippen LogP contribution in [0.1, 0.15) is 32.1 Å². The van der Waals surface area contributed by atoms with Gasteiger partial charge in [0.05, 0.1) is 11.4 Å². The third kappa shape index (κ3) is 4.95. The van der Waals surface area contributed by atoms with Gasteiger partial charge in [0.1, 0.15) is 28.7 Å². The summed E-state index contributed by atoms with van der Waals surface area (Å²) in [7, 11) is 0. The maximum absolute atomic E-state index is 14.1. The van der Waals surface area contributed by atoms with Gasteiger partial charge in [0, 0.05) is 28.6 Å². The van der Waals surface area contributed by atoms with Crippen LogP contribution in [-0.2, 0) is 4.79 Å². The van der Waals surface area contributed by atoms with E-state index in [0.29, 0.717) is 39.3 Å². The largest absolute Gasteiger partial charge is 0.481 e. The molecule has 0 amide bonds. The molecule has 0 radical (unpaired) electrons. The SMILES string of the molecule is Nc1nc(-c2c[nH]c3c(F)cc(F)cc23)nc2c(Oc3ccccc3)cccc12.O=C(O)C1CC2CCC1CC2. The lowest BCUT2D eigenvalue weighted by Crippen LogP contribution is -2.35. The maximum atomic E-state index is 14.1. The molecule has 1 unspecified atom stereocenters. The first-order valence-corrected chi connectivity index (χ1v) is 13.4. The number of para-hydroxylation sites is 2. The molecule has 3 fully saturated rings. The van der Waals surface area contributed by atoms with E-state index < -0.39 is 17.6 Å². The molecular weight excluding hydrogens is 514 g/mol. The molecule has 2 bridgehead atoms. The van der Waals surface area contributed by atoms with Crippen LogP contribution >= 0.6 is 0 Å². The van der Waals surface area contributed by atoms with Gasteiger partial charge in [0.25, 0.3) is 0 Å². The standard InChI is InChI=1S/C22H14F2N4O.C9H14O2/c23-12-9-15-16(11-26-19(15)17(24)10-12)22-27-20-14(21(25)28-22)7-4-8-18(20)29-13-5-2-1-3-6-13;10-9(11)8-5-6-1-3-7(8)4-2-6/h1-11,26H,(H2,25,27,28);6-8H,1-5H2,(H,10,11). The Labute approximate surface area is 229 Å². The van der Waals surface area contributed by atoms with Crippen LogP contribution in [0.4, 0.5) is 14.6 Å². The second-order valence-corrected chi connectivity index (χ2v) is 10.5. The molecule has 3 saturated carbocycles. The molecule has 3 aromatic carbocycles. The van der Waals surface area contributed by atoms with E-state index >= 15 is 0 Å². The normalized spacial score (nSPS) is 19.8. The van der Waals surface area contributed by atoms with Gasteiger partial charge in [-0.15, -0.1) is 0 Å². The highest BCUT2D eigenvalue weighted by molar-refractivity contribution is 5.98. The number of hydrogen-bond donors (Lipinski definition) is 3. The summed E-state index contributed by atoms with van der Waals surface area (Å²) in [5, 5.41) is 9.82. The number of nitrogens with two attached hydrogens (primary N) is 1. The molecule has 0 aliphatic heterocycles. The molecule has 3 aliphatic carbocycles. The highest BCUT2D eigenvalue weighted by Gasteiger charge is 2.39. The number of carboxylic acid groups (broad SMARTS) is 1. The fraction of sp³-hybridized carbons (Fsp3) is 0.258. The van der Waals surface area contributed by atoms with Crippen molar-refractivity contribution in [1.29, 1.82) is 0 Å². The van der Waals surface area contributed by atoms with Gasteiger partial charge in [-0.05, 0) is 61.4 Å². The third-order valence-electron chi connectivity index (χ3n) is 8.00. The average Bonchev–Trinajstić information content (AvgIpc) is 3.39. The van der Waals surface area contributed by atoms with Gasteiger partial charge in [-0.1, -0.05) is 37.1 Å². The Morgan fingerprint density at radius 3 is 2.42 bits per heavy atom. The van der Waals surface area contributed by atoms with Crippen molar-refractivity contribution in [2.75, 3.05) is 5.73 Å². The van der Waals surface area contributed by atoms with Gasteiger partial charge in [0.15, 0.2) is 11.6 Å². The van der Waals surface area contributed by atoms with Gasteiger partial charge in [-0.25, -0.2) is 18.7 Å². The number of benzene rings is 3. The summed E-state index contributed by atoms with van der Waals surface area (Å²) in [6, 6.07) is 16.7. The first-order valence-electron chi connectivity index (χ1n) is 13.4. The summed E-state index contributed by atoms with van der Waals surface area (Å²) in [6.07, 6.45) is 7.40. The molecule has 2 heterocycles. The van der Waals surface area contributed by atoms with Gasteiger partial charge in [-0.2, -0.15) is 0 Å². The smallest absolute Gasteiger partial charge is 0.306 e. The second-order valence-electron chi connectivity index (χ2n) is 10.5. The topological polar surface area (TPSA) is 114 Å². The number of anilines is 1. The molecule has 0 spiro atoms. The number of carboxylic acids is 1. The van der Waals surface area contributed by atoms with Crippen molar-refractivity contribution in [3.05, 3.63) is 78.5 Å². The fourth-order valence-corrected chi connectivity index (χ4v) is 5.99. The maximum Gasteiger partial charge on any atom is 0.306 e. The number of nitrogens with zero attached hydrogens (tertiary/aromatic N) is 2. The molecule has 7 nitrogen and oxygen atoms in total. The monoisotopic (exact) mass is 542 g/mol. The molecule has 5 aromatic rings. The van der Waals surface area contributed by atoms with Gasteiger partial charge >= 0.3 is 5.97 Å². The average molecular weight is 543 g/mol. The van der Waals surface area contributed by atoms with Crippen molar-refractivity contribution in [2.45, 2.75) is 32.1 Å². The van der Waals surface area contributed by atoms with Crippen LogP contribution in [-0.4, -0.2) is 26.0 Å². The predicted molar refractivity (Wildman–Crippen MR) is 149 cm³/mol. The Kier molecular flexibility index (Phi) is 6.79. The first kappa shape index (κ1) is 25.7. The van der Waals surface area contributed by atoms with E-state index in [1.54, 1.807) is 18.2 Å². The first-order chi connectivity index (χ1) is 19.4. The van der Waals surface area contributed by atoms with Crippen LogP contribution in [0.25, 0.3) is 33.2 Å². The minimum absolute atomic E-state index is 0.00231. The minimum Gasteiger partial charge on any atom is -0.481 e. The molecule has 1 atom stereocenters. The lowest BCUT2D eigenvalue weighted by molar-refractivity contribution is -0.147. The van der Waals surface area contributed by atoms with Crippen molar-refractivity contribution in [1.82, 2.24) is 15.0 Å². The molecule has 9 heteroatoms. The summed E-state index contributed by atoms with van der Waals surface area (Å²) in [4.78, 5) is 22.5. The summed E-state index contributed by atoms with van der Waals surface area (Å²) in [6.45, 7) is 0. The number of aromatic nitrogens is 3. The van der Waals surface area contributed by atoms with E-state index in [1.807, 2.05) is 30.3 Å². The summed E-state index contributed by atoms with van der Waals surface area (Å²) < 4.78 is 33.8. The van der Waals surface area contributed by atoms with Crippen LogP contribution < -0.4 is 10.5 Å². The molecule has 4 N–H and O–H groups in total. The molecule has 40 heavy (non-hydrogen) atoms. The second kappa shape index (κ2) is 10.6. The highest BCUT2D eigenvalue weighted by atomic mass is 19.1. The van der Waals surface area contributed by atoms with Crippen LogP contribution in [0, 0.1) is 29.4 Å². The van der Waals surface area contributed by atoms with Crippen LogP contribution in [0.3, 0.4) is 0 Å². The van der Waals surface area contributed by atoms with E-state index in [1.165, 1.54) is 37.9 Å². The molecular formula is C31H28F2N4O3. The fourth-order valence-electron chi connectivity index (χ4n) is 5.99. The number of rotatable bonds is 4. The van der Waals surface area contributed by atoms with Crippen molar-refractivity contribution >= 4 is 33.6 Å². The zero-order valence-electron chi connectivity index (χ0n) is 21.6. The summed E-state index contributed by atoms with van der Waals surface area (Å²) in [5.74, 6) is 0.965. The molecule has 0 saturated heterocycles. The number of hydrogen-bond acceptors (Lipinski definition) is 5. The number of aliphatic carboxylic acids is 1. The van der Waals surface area contributed by atoms with E-state index in [0.717, 1.165) is 18.4 Å². The van der Waals surface area contributed by atoms with Crippen LogP contribution in [0.2, 0.25) is 0 Å². The summed E-state index contributed by atoms with van der Waals surface area (Å²) in [5.41, 5.74) is 7.29. The number of fused-ring (bicyclic) bond motifs is 5. The summed E-state index contributed by atoms with van der Waals surface area (Å²) >= 11 is 0. The lowest BCUT2D eigenvalue weighted by Gasteiger charge is -2.40. The van der Waals surface area contributed by atoms with Gasteiger partial charge < -0.3 is 20.6 Å². The Morgan fingerprint density at radius 1 is 0.975 bits per heavy atom. The third-order valence-corrected chi connectivity index (χ3v) is 8.00. The number of H-pyrrole nitrogens is 1. The number of ether oxygens (including phenoxy) is 1. The highest BCUT2D eigenvalue weighted by Crippen LogP contribution is 2.45. The van der Waals surface area contributed by atoms with E-state index in [4.69, 9.17) is 15.6 Å². The number of halogens is 2. The van der Waals surface area contributed by atoms with E-state index in [2.05, 4.69) is 15.0 Å². The van der Waals surface area contributed by atoms with E-state index in [9.17, 15) is 13.6 Å². The molecule has 2 aromatic heterocycles. The quantitative estimate of drug-likeness (QED) is 0.219. The van der Waals surface area contributed by atoms with Crippen molar-refractivity contribution in [3.63, 3.8) is 0 Å². The Morgan fingerprint density at radius 2 is 1.75 bits per heavy atom. The van der Waals surface area contributed by atoms with Crippen molar-refractivity contribution in [2.24, 2.45) is 17.8 Å². The minimum atomic E-state index is -0.687. The molecule has 3 aliphatic rings. The van der Waals surface area contributed by atoms with Crippen LogP contribution in [0.15, 0.2) is 66.9 Å². The predicted octanol–water partition coefficient (Wildman–Crippen LogP) is 7.33. The van der Waals surface area contributed by atoms with E-state index in [-0.39, 0.29) is 23.1 Å². The number of nitrogens with one attached hydrogen (secondary N) is 1. The van der Waals surface area contributed by atoms with Crippen molar-refractivity contribution in [3.8, 4) is 22.9 Å².